The van der Waals surface area contributed by atoms with E-state index in [4.69, 9.17) is 4.42 Å². The van der Waals surface area contributed by atoms with E-state index in [9.17, 15) is 0 Å². The largest absolute Gasteiger partial charge is 0.455 e. The summed E-state index contributed by atoms with van der Waals surface area (Å²) in [6.07, 6.45) is 0. The highest BCUT2D eigenvalue weighted by atomic mass is 16.3. The minimum Gasteiger partial charge on any atom is -0.455 e. The zero-order chi connectivity index (χ0) is 37.7. The molecule has 0 spiro atoms. The lowest BCUT2D eigenvalue weighted by Crippen LogP contribution is -2.10. The number of para-hydroxylation sites is 5. The zero-order valence-electron chi connectivity index (χ0n) is 31.1. The van der Waals surface area contributed by atoms with Crippen LogP contribution in [0.1, 0.15) is 0 Å². The molecule has 0 aliphatic heterocycles. The molecule has 0 unspecified atom stereocenters. The Balaban J connectivity index is 1.14. The lowest BCUT2D eigenvalue weighted by molar-refractivity contribution is 0.670. The van der Waals surface area contributed by atoms with Crippen molar-refractivity contribution in [2.45, 2.75) is 0 Å². The molecule has 268 valence electrons. The number of rotatable bonds is 7. The second kappa shape index (κ2) is 13.6. The minimum absolute atomic E-state index is 0.896. The fourth-order valence-corrected chi connectivity index (χ4v) is 8.63. The topological polar surface area (TPSA) is 21.3 Å². The maximum atomic E-state index is 6.58. The molecule has 3 heteroatoms. The van der Waals surface area contributed by atoms with Gasteiger partial charge in [-0.05, 0) is 76.9 Å². The lowest BCUT2D eigenvalue weighted by atomic mass is 9.92. The summed E-state index contributed by atoms with van der Waals surface area (Å²) in [7, 11) is 0. The molecule has 57 heavy (non-hydrogen) atoms. The summed E-state index contributed by atoms with van der Waals surface area (Å²) >= 11 is 0. The molecule has 2 heterocycles. The summed E-state index contributed by atoms with van der Waals surface area (Å²) in [6, 6.07) is 78.1. The van der Waals surface area contributed by atoms with E-state index >= 15 is 0 Å². The summed E-state index contributed by atoms with van der Waals surface area (Å²) in [5, 5.41) is 4.68. The molecule has 3 nitrogen and oxygen atoms in total. The number of anilines is 3. The Hall–Kier alpha value is -7.62. The number of hydrogen-bond acceptors (Lipinski definition) is 2. The molecule has 0 saturated heterocycles. The van der Waals surface area contributed by atoms with Crippen molar-refractivity contribution in [3.63, 3.8) is 0 Å². The molecule has 2 aromatic heterocycles. The van der Waals surface area contributed by atoms with Gasteiger partial charge in [-0.1, -0.05) is 164 Å². The average molecular weight is 729 g/mol. The Morgan fingerprint density at radius 2 is 0.912 bits per heavy atom. The molecule has 0 atom stereocenters. The first-order valence-electron chi connectivity index (χ1n) is 19.4. The van der Waals surface area contributed by atoms with Crippen molar-refractivity contribution < 1.29 is 4.42 Å². The van der Waals surface area contributed by atoms with Gasteiger partial charge in [0.1, 0.15) is 11.2 Å². The summed E-state index contributed by atoms with van der Waals surface area (Å²) in [5.41, 5.74) is 15.3. The Kier molecular flexibility index (Phi) is 7.82. The molecular weight excluding hydrogens is 693 g/mol. The number of aromatic nitrogens is 1. The van der Waals surface area contributed by atoms with E-state index in [1.54, 1.807) is 0 Å². The lowest BCUT2D eigenvalue weighted by Gasteiger charge is -2.27. The molecule has 0 amide bonds. The van der Waals surface area contributed by atoms with E-state index < -0.39 is 0 Å². The van der Waals surface area contributed by atoms with Crippen LogP contribution in [0.25, 0.3) is 82.8 Å². The maximum Gasteiger partial charge on any atom is 0.143 e. The molecule has 0 aliphatic carbocycles. The second-order valence-electron chi connectivity index (χ2n) is 14.5. The second-order valence-corrected chi connectivity index (χ2v) is 14.5. The normalized spacial score (nSPS) is 11.5. The first kappa shape index (κ1) is 32.8. The molecule has 0 N–H and O–H groups in total. The van der Waals surface area contributed by atoms with Crippen LogP contribution in [-0.2, 0) is 0 Å². The Morgan fingerprint density at radius 1 is 0.333 bits per heavy atom. The van der Waals surface area contributed by atoms with Crippen LogP contribution in [0.5, 0.6) is 0 Å². The van der Waals surface area contributed by atoms with E-state index in [1.165, 1.54) is 27.4 Å². The van der Waals surface area contributed by atoms with E-state index in [2.05, 4.69) is 222 Å². The van der Waals surface area contributed by atoms with Gasteiger partial charge in [-0.15, -0.1) is 0 Å². The predicted molar refractivity (Wildman–Crippen MR) is 239 cm³/mol. The highest BCUT2D eigenvalue weighted by molar-refractivity contribution is 6.12. The number of fused-ring (bicyclic) bond motifs is 6. The highest BCUT2D eigenvalue weighted by Crippen LogP contribution is 2.45. The minimum atomic E-state index is 0.896. The van der Waals surface area contributed by atoms with Crippen molar-refractivity contribution in [1.82, 2.24) is 4.57 Å². The third-order valence-electron chi connectivity index (χ3n) is 11.2. The molecule has 0 bridgehead atoms. The third-order valence-corrected chi connectivity index (χ3v) is 11.2. The molecule has 0 saturated carbocycles. The van der Waals surface area contributed by atoms with Gasteiger partial charge in [0.05, 0.1) is 16.7 Å². The van der Waals surface area contributed by atoms with Crippen LogP contribution in [0.2, 0.25) is 0 Å². The summed E-state index contributed by atoms with van der Waals surface area (Å²) in [6.45, 7) is 0. The van der Waals surface area contributed by atoms with Crippen LogP contribution in [0.15, 0.2) is 223 Å². The summed E-state index contributed by atoms with van der Waals surface area (Å²) < 4.78 is 9.02. The molecule has 11 rings (SSSR count). The Labute approximate surface area is 330 Å². The SMILES string of the molecule is c1ccc(-c2cc(N(c3ccccc3)c3ccc4c5ccccc5n(-c5ccccc5-c5ccccc5)c4c3)ccc2-c2cccc3c2oc2ccccc23)cc1. The number of nitrogens with zero attached hydrogens (tertiary/aromatic N) is 2. The monoisotopic (exact) mass is 728 g/mol. The zero-order valence-corrected chi connectivity index (χ0v) is 31.1. The van der Waals surface area contributed by atoms with Crippen molar-refractivity contribution >= 4 is 60.8 Å². The van der Waals surface area contributed by atoms with E-state index in [0.29, 0.717) is 0 Å². The number of hydrogen-bond donors (Lipinski definition) is 0. The van der Waals surface area contributed by atoms with Crippen molar-refractivity contribution in [2.24, 2.45) is 0 Å². The summed E-state index contributed by atoms with van der Waals surface area (Å²) in [4.78, 5) is 2.38. The predicted octanol–water partition coefficient (Wildman–Crippen LogP) is 15.2. The summed E-state index contributed by atoms with van der Waals surface area (Å²) in [5.74, 6) is 0. The maximum absolute atomic E-state index is 6.58. The Bertz CT molecular complexity index is 3230. The van der Waals surface area contributed by atoms with Gasteiger partial charge in [-0.3, -0.25) is 0 Å². The van der Waals surface area contributed by atoms with E-state index in [-0.39, 0.29) is 0 Å². The number of benzene rings is 9. The van der Waals surface area contributed by atoms with E-state index in [1.807, 2.05) is 6.07 Å². The van der Waals surface area contributed by atoms with Gasteiger partial charge in [0.15, 0.2) is 0 Å². The van der Waals surface area contributed by atoms with Gasteiger partial charge in [0.25, 0.3) is 0 Å². The average Bonchev–Trinajstić information content (AvgIpc) is 3.83. The van der Waals surface area contributed by atoms with Crippen molar-refractivity contribution in [3.05, 3.63) is 218 Å². The fraction of sp³-hybridized carbons (Fsp3) is 0. The van der Waals surface area contributed by atoms with Crippen LogP contribution in [0, 0.1) is 0 Å². The van der Waals surface area contributed by atoms with Crippen LogP contribution in [0.3, 0.4) is 0 Å². The number of furan rings is 1. The van der Waals surface area contributed by atoms with Gasteiger partial charge in [-0.25, -0.2) is 0 Å². The molecular formula is C54H36N2O. The first-order chi connectivity index (χ1) is 28.3. The van der Waals surface area contributed by atoms with Crippen molar-refractivity contribution in [2.75, 3.05) is 4.90 Å². The van der Waals surface area contributed by atoms with Crippen LogP contribution < -0.4 is 4.90 Å². The van der Waals surface area contributed by atoms with Gasteiger partial charge in [-0.2, -0.15) is 0 Å². The third kappa shape index (κ3) is 5.51. The van der Waals surface area contributed by atoms with Crippen molar-refractivity contribution in [3.8, 4) is 39.1 Å². The Morgan fingerprint density at radius 3 is 1.72 bits per heavy atom. The quantitative estimate of drug-likeness (QED) is 0.163. The molecule has 0 aliphatic rings. The molecule has 0 radical (unpaired) electrons. The standard InChI is InChI=1S/C54H36N2O/c1-4-17-37(18-5-1)42-23-10-13-28-50(42)56-51-29-14-11-24-44(51)45-34-32-41(36-52(45)56)55(39-21-8-3-9-22-39)40-31-33-43(49(35-40)38-19-6-2-7-20-38)47-26-16-27-48-46-25-12-15-30-53(46)57-54(47)48/h1-36H. The molecule has 0 fully saturated rings. The van der Waals surface area contributed by atoms with Gasteiger partial charge >= 0.3 is 0 Å². The van der Waals surface area contributed by atoms with Crippen LogP contribution >= 0.6 is 0 Å². The van der Waals surface area contributed by atoms with Gasteiger partial charge in [0, 0.05) is 49.7 Å². The van der Waals surface area contributed by atoms with Gasteiger partial charge in [0.2, 0.25) is 0 Å². The molecule has 9 aromatic carbocycles. The highest BCUT2D eigenvalue weighted by Gasteiger charge is 2.21. The van der Waals surface area contributed by atoms with Crippen LogP contribution in [-0.4, -0.2) is 4.57 Å². The van der Waals surface area contributed by atoms with Crippen LogP contribution in [0.4, 0.5) is 17.1 Å². The smallest absolute Gasteiger partial charge is 0.143 e. The fourth-order valence-electron chi connectivity index (χ4n) is 8.63. The first-order valence-corrected chi connectivity index (χ1v) is 19.4. The van der Waals surface area contributed by atoms with Crippen molar-refractivity contribution in [1.29, 1.82) is 0 Å². The molecule has 11 aromatic rings. The van der Waals surface area contributed by atoms with E-state index in [0.717, 1.165) is 72.5 Å². The van der Waals surface area contributed by atoms with Gasteiger partial charge < -0.3 is 13.9 Å².